The van der Waals surface area contributed by atoms with Crippen LogP contribution in [0, 0.1) is 11.8 Å². The Kier molecular flexibility index (Phi) is 17.4. The molecule has 1 fully saturated rings. The number of benzene rings is 2. The van der Waals surface area contributed by atoms with Gasteiger partial charge in [-0.15, -0.1) is 9.98 Å². The average Bonchev–Trinajstić information content (AvgIpc) is 3.11. The monoisotopic (exact) mass is 864 g/mol. The van der Waals surface area contributed by atoms with Gasteiger partial charge in [0.2, 0.25) is 23.7 Å². The molecule has 0 aliphatic heterocycles. The number of aliphatic imine (C=N–C) groups is 2. The summed E-state index contributed by atoms with van der Waals surface area (Å²) in [5, 5.41) is 16.7. The zero-order valence-corrected chi connectivity index (χ0v) is 38.0. The molecule has 3 rings (SSSR count). The van der Waals surface area contributed by atoms with Gasteiger partial charge in [-0.2, -0.15) is 0 Å². The minimum atomic E-state index is -0.891. The molecule has 1 saturated carbocycles. The van der Waals surface area contributed by atoms with Crippen LogP contribution in [0.3, 0.4) is 0 Å². The number of carbonyl (C=O) groups excluding carboxylic acids is 6. The summed E-state index contributed by atoms with van der Waals surface area (Å²) in [6, 6.07) is 14.1. The fraction of sp³-hybridized carbons (Fsp3) is 0.545. The van der Waals surface area contributed by atoms with Gasteiger partial charge in [0.1, 0.15) is 22.4 Å². The van der Waals surface area contributed by atoms with Crippen LogP contribution in [-0.2, 0) is 41.6 Å². The third-order valence-electron chi connectivity index (χ3n) is 8.26. The van der Waals surface area contributed by atoms with E-state index in [0.717, 1.165) is 11.1 Å². The Balaban J connectivity index is 1.49. The van der Waals surface area contributed by atoms with Gasteiger partial charge in [0.15, 0.2) is 0 Å². The summed E-state index contributed by atoms with van der Waals surface area (Å²) < 4.78 is 21.1. The third kappa shape index (κ3) is 20.4. The van der Waals surface area contributed by atoms with E-state index in [-0.39, 0.29) is 48.7 Å². The highest BCUT2D eigenvalue weighted by Gasteiger charge is 2.30. The van der Waals surface area contributed by atoms with E-state index in [1.807, 2.05) is 0 Å². The fourth-order valence-electron chi connectivity index (χ4n) is 5.67. The number of anilines is 2. The van der Waals surface area contributed by atoms with Crippen LogP contribution in [0.25, 0.3) is 0 Å². The van der Waals surface area contributed by atoms with Gasteiger partial charge in [-0.3, -0.25) is 20.2 Å². The normalized spacial score (nSPS) is 16.2. The van der Waals surface area contributed by atoms with Crippen molar-refractivity contribution in [2.45, 2.75) is 144 Å². The summed E-state index contributed by atoms with van der Waals surface area (Å²) in [6.45, 7) is 20.8. The molecule has 0 spiro atoms. The van der Waals surface area contributed by atoms with Crippen molar-refractivity contribution in [1.29, 1.82) is 0 Å². The van der Waals surface area contributed by atoms with Crippen LogP contribution in [-0.4, -0.2) is 70.5 Å². The number of rotatable bonds is 8. The molecule has 340 valence electrons. The quantitative estimate of drug-likeness (QED) is 0.0845. The zero-order valence-electron chi connectivity index (χ0n) is 38.0. The summed E-state index contributed by atoms with van der Waals surface area (Å²) in [5.41, 5.74) is -0.377. The molecule has 1 aliphatic carbocycles. The van der Waals surface area contributed by atoms with Crippen LogP contribution in [0.1, 0.15) is 120 Å². The molecule has 0 atom stereocenters. The number of nitrogens with zero attached hydrogens (tertiary/aromatic N) is 2. The highest BCUT2D eigenvalue weighted by molar-refractivity contribution is 6.00. The van der Waals surface area contributed by atoms with Crippen LogP contribution in [0.15, 0.2) is 58.5 Å². The molecule has 2 aromatic rings. The summed E-state index contributed by atoms with van der Waals surface area (Å²) in [6.07, 6.45) is -1.19. The molecule has 1 aliphatic rings. The molecule has 0 aromatic heterocycles. The van der Waals surface area contributed by atoms with E-state index in [0.29, 0.717) is 37.1 Å². The number of alkyl carbamates (subject to hydrolysis) is 2. The smallest absolute Gasteiger partial charge is 0.437 e. The second-order valence-corrected chi connectivity index (χ2v) is 18.8. The van der Waals surface area contributed by atoms with Gasteiger partial charge >= 0.3 is 24.4 Å². The lowest BCUT2D eigenvalue weighted by Gasteiger charge is -2.27. The lowest BCUT2D eigenvalue weighted by molar-refractivity contribution is -0.125. The van der Waals surface area contributed by atoms with Gasteiger partial charge in [-0.25, -0.2) is 19.2 Å². The first-order chi connectivity index (χ1) is 28.6. The molecule has 0 bridgehead atoms. The Morgan fingerprint density at radius 2 is 0.774 bits per heavy atom. The molecule has 0 saturated heterocycles. The topological polar surface area (TPSA) is 236 Å². The Morgan fingerprint density at radius 1 is 0.484 bits per heavy atom. The average molecular weight is 865 g/mol. The van der Waals surface area contributed by atoms with Gasteiger partial charge in [-0.05, 0) is 144 Å². The number of nitrogens with one attached hydrogen (secondary N) is 6. The molecular formula is C44H64N8O10. The molecule has 18 nitrogen and oxygen atoms in total. The highest BCUT2D eigenvalue weighted by Crippen LogP contribution is 2.31. The van der Waals surface area contributed by atoms with Crippen molar-refractivity contribution in [3.05, 3.63) is 59.7 Å². The first-order valence-electron chi connectivity index (χ1n) is 20.5. The maximum Gasteiger partial charge on any atom is 0.437 e. The fourth-order valence-corrected chi connectivity index (χ4v) is 5.67. The van der Waals surface area contributed by atoms with Crippen molar-refractivity contribution in [2.24, 2.45) is 21.8 Å². The summed E-state index contributed by atoms with van der Waals surface area (Å²) in [4.78, 5) is 83.6. The lowest BCUT2D eigenvalue weighted by Crippen LogP contribution is -2.44. The number of carbonyl (C=O) groups is 6. The van der Waals surface area contributed by atoms with Crippen LogP contribution in [0.2, 0.25) is 0 Å². The molecule has 0 radical (unpaired) electrons. The minimum Gasteiger partial charge on any atom is -0.444 e. The Bertz CT molecular complexity index is 1800. The SMILES string of the molecule is CC(C)(C)OC(=O)/N=C(\NCc1ccc(NC(=O)C2CCC(C(=O)Nc3ccc(CN/C(=N\C(=O)OC(C)(C)C)NC(=O)OC(C)(C)C)cc3)CC2)cc1)NC(=O)OC(C)(C)C. The number of amides is 6. The Labute approximate surface area is 364 Å². The number of hydrogen-bond acceptors (Lipinski definition) is 10. The van der Waals surface area contributed by atoms with Crippen LogP contribution in [0.5, 0.6) is 0 Å². The van der Waals surface area contributed by atoms with Crippen molar-refractivity contribution in [3.63, 3.8) is 0 Å². The molecule has 0 heterocycles. The van der Waals surface area contributed by atoms with E-state index in [4.69, 9.17) is 18.9 Å². The summed E-state index contributed by atoms with van der Waals surface area (Å²) >= 11 is 0. The van der Waals surface area contributed by atoms with Crippen molar-refractivity contribution >= 4 is 59.5 Å². The van der Waals surface area contributed by atoms with E-state index in [9.17, 15) is 28.8 Å². The van der Waals surface area contributed by atoms with Crippen molar-refractivity contribution in [3.8, 4) is 0 Å². The number of ether oxygens (including phenoxy) is 4. The van der Waals surface area contributed by atoms with Crippen molar-refractivity contribution in [1.82, 2.24) is 21.3 Å². The van der Waals surface area contributed by atoms with Crippen LogP contribution >= 0.6 is 0 Å². The van der Waals surface area contributed by atoms with Gasteiger partial charge in [-0.1, -0.05) is 24.3 Å². The van der Waals surface area contributed by atoms with E-state index in [2.05, 4.69) is 41.9 Å². The minimum absolute atomic E-state index is 0.132. The third-order valence-corrected chi connectivity index (χ3v) is 8.26. The summed E-state index contributed by atoms with van der Waals surface area (Å²) in [7, 11) is 0. The number of hydrogen-bond donors (Lipinski definition) is 6. The van der Waals surface area contributed by atoms with Crippen molar-refractivity contribution in [2.75, 3.05) is 10.6 Å². The van der Waals surface area contributed by atoms with E-state index >= 15 is 0 Å². The summed E-state index contributed by atoms with van der Waals surface area (Å²) in [5.74, 6) is -1.07. The largest absolute Gasteiger partial charge is 0.444 e. The highest BCUT2D eigenvalue weighted by atomic mass is 16.6. The van der Waals surface area contributed by atoms with Gasteiger partial charge < -0.3 is 40.2 Å². The molecule has 6 N–H and O–H groups in total. The lowest BCUT2D eigenvalue weighted by atomic mass is 9.81. The predicted molar refractivity (Wildman–Crippen MR) is 235 cm³/mol. The number of guanidine groups is 2. The standard InChI is InChI=1S/C44H64N8O10/c1-41(2,3)59-37(55)49-35(50-38(56)60-42(4,5)6)45-25-27-13-21-31(22-14-27)47-33(53)29-17-19-30(20-18-29)34(54)48-32-23-15-28(16-24-32)26-46-36(51-39(57)61-43(7,8)9)52-40(58)62-44(10,11)12/h13-16,21-24,29-30H,17-20,25-26H2,1-12H3,(H,47,53)(H,48,54)(H2,45,49,50,55,56)(H2,46,51,52,57,58). The predicted octanol–water partition coefficient (Wildman–Crippen LogP) is 7.88. The molecule has 18 heteroatoms. The van der Waals surface area contributed by atoms with Gasteiger partial charge in [0, 0.05) is 36.3 Å². The Hall–Kier alpha value is -6.20. The molecule has 6 amide bonds. The van der Waals surface area contributed by atoms with Gasteiger partial charge in [0.05, 0.1) is 0 Å². The maximum absolute atomic E-state index is 13.2. The molecular weight excluding hydrogens is 801 g/mol. The van der Waals surface area contributed by atoms with Crippen LogP contribution in [0.4, 0.5) is 30.6 Å². The van der Waals surface area contributed by atoms with Crippen molar-refractivity contribution < 1.29 is 47.7 Å². The van der Waals surface area contributed by atoms with E-state index in [1.54, 1.807) is 132 Å². The van der Waals surface area contributed by atoms with Crippen LogP contribution < -0.4 is 31.9 Å². The molecule has 0 unspecified atom stereocenters. The first-order valence-corrected chi connectivity index (χ1v) is 20.5. The zero-order chi connectivity index (χ0) is 46.5. The maximum atomic E-state index is 13.2. The van der Waals surface area contributed by atoms with E-state index in [1.165, 1.54) is 0 Å². The second-order valence-electron chi connectivity index (χ2n) is 18.8. The van der Waals surface area contributed by atoms with E-state index < -0.39 is 46.8 Å². The molecule has 62 heavy (non-hydrogen) atoms. The first kappa shape index (κ1) is 50.2. The second kappa shape index (κ2) is 21.5. The Morgan fingerprint density at radius 3 is 1.05 bits per heavy atom. The molecule has 2 aromatic carbocycles. The van der Waals surface area contributed by atoms with Gasteiger partial charge in [0.25, 0.3) is 0 Å².